The summed E-state index contributed by atoms with van der Waals surface area (Å²) in [4.78, 5) is 0. The van der Waals surface area contributed by atoms with Crippen LogP contribution < -0.4 is 0 Å². The first kappa shape index (κ1) is 18.4. The molecule has 1 N–H and O–H groups in total. The lowest BCUT2D eigenvalue weighted by Gasteiger charge is -2.24. The first-order chi connectivity index (χ1) is 8.39. The van der Waals surface area contributed by atoms with Crippen LogP contribution in [0.3, 0.4) is 0 Å². The topological polar surface area (TPSA) is 82.1 Å². The Morgan fingerprint density at radius 1 is 1.06 bits per heavy atom. The highest BCUT2D eigenvalue weighted by molar-refractivity contribution is 7.99. The van der Waals surface area contributed by atoms with Crippen molar-refractivity contribution in [1.82, 2.24) is 0 Å². The van der Waals surface area contributed by atoms with Crippen molar-refractivity contribution in [3.8, 4) is 0 Å². The normalized spacial score (nSPS) is 12.9. The average molecular weight is 318 g/mol. The fourth-order valence-corrected chi connectivity index (χ4v) is 4.96. The van der Waals surface area contributed by atoms with Crippen LogP contribution in [0.25, 0.3) is 0 Å². The minimum Gasteiger partial charge on any atom is -0.377 e. The highest BCUT2D eigenvalue weighted by Crippen LogP contribution is 2.17. The third-order valence-electron chi connectivity index (χ3n) is 2.40. The third kappa shape index (κ3) is 8.46. The molecule has 0 aromatic heterocycles. The van der Waals surface area contributed by atoms with Gasteiger partial charge >= 0.3 is 8.80 Å². The average Bonchev–Trinajstić information content (AvgIpc) is 2.32. The molecule has 0 aromatic rings. The van der Waals surface area contributed by atoms with E-state index in [0.717, 1.165) is 18.2 Å². The van der Waals surface area contributed by atoms with Crippen LogP contribution >= 0.6 is 11.8 Å². The minimum absolute atomic E-state index is 0.174. The largest absolute Gasteiger partial charge is 0.500 e. The van der Waals surface area contributed by atoms with Crippen molar-refractivity contribution >= 4 is 30.7 Å². The van der Waals surface area contributed by atoms with Crippen molar-refractivity contribution in [2.75, 3.05) is 38.6 Å². The maximum atomic E-state index is 10.5. The Kier molecular flexibility index (Phi) is 9.47. The van der Waals surface area contributed by atoms with E-state index in [2.05, 4.69) is 0 Å². The Morgan fingerprint density at radius 2 is 1.56 bits per heavy atom. The van der Waals surface area contributed by atoms with Gasteiger partial charge in [0.1, 0.15) is 0 Å². The Labute approximate surface area is 115 Å². The molecular weight excluding hydrogens is 296 g/mol. The third-order valence-corrected chi connectivity index (χ3v) is 7.19. The van der Waals surface area contributed by atoms with Gasteiger partial charge in [0.25, 0.3) is 10.1 Å². The molecule has 0 amide bonds. The lowest BCUT2D eigenvalue weighted by Crippen LogP contribution is -2.42. The molecule has 6 nitrogen and oxygen atoms in total. The summed E-state index contributed by atoms with van der Waals surface area (Å²) in [7, 11) is -1.54. The molecule has 0 atom stereocenters. The molecule has 0 aliphatic heterocycles. The molecule has 0 saturated heterocycles. The van der Waals surface area contributed by atoms with Gasteiger partial charge in [-0.05, 0) is 24.3 Å². The van der Waals surface area contributed by atoms with Gasteiger partial charge in [0.15, 0.2) is 0 Å². The summed E-state index contributed by atoms with van der Waals surface area (Å²) in [5.41, 5.74) is 0. The second kappa shape index (κ2) is 9.29. The van der Waals surface area contributed by atoms with E-state index in [-0.39, 0.29) is 5.75 Å². The number of thioether (sulfide) groups is 1. The summed E-state index contributed by atoms with van der Waals surface area (Å²) >= 11 is 1.65. The second-order valence-corrected chi connectivity index (χ2v) is 9.54. The summed E-state index contributed by atoms with van der Waals surface area (Å²) in [6.45, 7) is 0. The Hall–Kier alpha value is 0.357. The van der Waals surface area contributed by atoms with Gasteiger partial charge in [-0.3, -0.25) is 4.55 Å². The SMILES string of the molecule is CO[Si](CCCSCCCS(=O)(=O)O)(OC)OC. The molecule has 0 heterocycles. The van der Waals surface area contributed by atoms with Crippen molar-refractivity contribution in [3.05, 3.63) is 0 Å². The van der Waals surface area contributed by atoms with E-state index < -0.39 is 18.9 Å². The van der Waals surface area contributed by atoms with E-state index in [1.54, 1.807) is 33.1 Å². The molecule has 0 spiro atoms. The quantitative estimate of drug-likeness (QED) is 0.349. The molecule has 9 heteroatoms. The molecule has 0 fully saturated rings. The first-order valence-corrected chi connectivity index (χ1v) is 10.3. The van der Waals surface area contributed by atoms with E-state index in [1.165, 1.54) is 0 Å². The number of rotatable bonds is 11. The molecule has 0 aliphatic carbocycles. The van der Waals surface area contributed by atoms with E-state index in [9.17, 15) is 8.42 Å². The van der Waals surface area contributed by atoms with Gasteiger partial charge in [-0.2, -0.15) is 20.2 Å². The molecule has 0 aromatic carbocycles. The number of hydrogen-bond donors (Lipinski definition) is 1. The zero-order valence-corrected chi connectivity index (χ0v) is 13.7. The maximum absolute atomic E-state index is 10.5. The van der Waals surface area contributed by atoms with Gasteiger partial charge in [-0.15, -0.1) is 0 Å². The van der Waals surface area contributed by atoms with Crippen LogP contribution in [-0.4, -0.2) is 60.4 Å². The van der Waals surface area contributed by atoms with Crippen molar-refractivity contribution in [2.45, 2.75) is 18.9 Å². The predicted molar refractivity (Wildman–Crippen MR) is 74.6 cm³/mol. The zero-order valence-electron chi connectivity index (χ0n) is 11.0. The summed E-state index contributed by atoms with van der Waals surface area (Å²) in [6.07, 6.45) is 1.35. The van der Waals surface area contributed by atoms with Crippen molar-refractivity contribution in [3.63, 3.8) is 0 Å². The van der Waals surface area contributed by atoms with Crippen molar-refractivity contribution < 1.29 is 26.2 Å². The van der Waals surface area contributed by atoms with Crippen LogP contribution in [0.1, 0.15) is 12.8 Å². The van der Waals surface area contributed by atoms with Crippen molar-refractivity contribution in [2.24, 2.45) is 0 Å². The van der Waals surface area contributed by atoms with Crippen LogP contribution in [0.5, 0.6) is 0 Å². The lowest BCUT2D eigenvalue weighted by molar-refractivity contribution is 0.123. The fourth-order valence-electron chi connectivity index (χ4n) is 1.39. The van der Waals surface area contributed by atoms with E-state index >= 15 is 0 Å². The lowest BCUT2D eigenvalue weighted by atomic mass is 10.6. The molecule has 0 radical (unpaired) electrons. The highest BCUT2D eigenvalue weighted by atomic mass is 32.2. The van der Waals surface area contributed by atoms with Crippen LogP contribution in [0.4, 0.5) is 0 Å². The molecule has 0 saturated carbocycles. The Morgan fingerprint density at radius 3 is 2.00 bits per heavy atom. The van der Waals surface area contributed by atoms with E-state index in [0.29, 0.717) is 12.2 Å². The molecule has 0 rings (SSSR count). The monoisotopic (exact) mass is 318 g/mol. The van der Waals surface area contributed by atoms with Crippen LogP contribution in [0, 0.1) is 0 Å². The van der Waals surface area contributed by atoms with Crippen molar-refractivity contribution in [1.29, 1.82) is 0 Å². The summed E-state index contributed by atoms with van der Waals surface area (Å²) in [5.74, 6) is 1.42. The van der Waals surface area contributed by atoms with Gasteiger partial charge in [-0.1, -0.05) is 0 Å². The van der Waals surface area contributed by atoms with Gasteiger partial charge < -0.3 is 13.3 Å². The molecule has 0 unspecified atom stereocenters. The standard InChI is InChI=1S/C9H22O6S2Si/c1-13-18(14-2,15-3)9-5-7-16-6-4-8-17(10,11)12/h4-9H2,1-3H3,(H,10,11,12). The number of hydrogen-bond acceptors (Lipinski definition) is 6. The van der Waals surface area contributed by atoms with E-state index in [1.807, 2.05) is 0 Å². The minimum atomic E-state index is -3.82. The Balaban J connectivity index is 3.62. The highest BCUT2D eigenvalue weighted by Gasteiger charge is 2.36. The molecule has 0 aliphatic rings. The summed E-state index contributed by atoms with van der Waals surface area (Å²) < 4.78 is 45.3. The Bertz CT molecular complexity index is 296. The van der Waals surface area contributed by atoms with E-state index in [4.69, 9.17) is 17.8 Å². The zero-order chi connectivity index (χ0) is 14.1. The second-order valence-electron chi connectivity index (χ2n) is 3.65. The molecule has 18 heavy (non-hydrogen) atoms. The smallest absolute Gasteiger partial charge is 0.377 e. The summed E-state index contributed by atoms with van der Waals surface area (Å²) in [5, 5.41) is 0. The van der Waals surface area contributed by atoms with Crippen LogP contribution in [0.2, 0.25) is 6.04 Å². The molecule has 110 valence electrons. The van der Waals surface area contributed by atoms with Gasteiger partial charge in [0.05, 0.1) is 5.75 Å². The maximum Gasteiger partial charge on any atom is 0.500 e. The molecular formula is C9H22O6S2Si. The van der Waals surface area contributed by atoms with Gasteiger partial charge in [0, 0.05) is 27.4 Å². The van der Waals surface area contributed by atoms with Gasteiger partial charge in [0.2, 0.25) is 0 Å². The van der Waals surface area contributed by atoms with Crippen LogP contribution in [-0.2, 0) is 23.4 Å². The van der Waals surface area contributed by atoms with Crippen LogP contribution in [0.15, 0.2) is 0 Å². The predicted octanol–water partition coefficient (Wildman–Crippen LogP) is 1.27. The van der Waals surface area contributed by atoms with Gasteiger partial charge in [-0.25, -0.2) is 0 Å². The summed E-state index contributed by atoms with van der Waals surface area (Å²) in [6, 6.07) is 0.738. The first-order valence-electron chi connectivity index (χ1n) is 5.57. The molecule has 0 bridgehead atoms. The fraction of sp³-hybridized carbons (Fsp3) is 1.00.